The third-order valence-electron chi connectivity index (χ3n) is 4.82. The molecule has 3 atom stereocenters. The van der Waals surface area contributed by atoms with Gasteiger partial charge in [-0.2, -0.15) is 0 Å². The molecule has 2 saturated heterocycles. The van der Waals surface area contributed by atoms with E-state index in [0.29, 0.717) is 12.5 Å². The van der Waals surface area contributed by atoms with Gasteiger partial charge in [0.25, 0.3) is 0 Å². The fraction of sp³-hybridized carbons (Fsp3) is 0.857. The van der Waals surface area contributed by atoms with Gasteiger partial charge < -0.3 is 15.5 Å². The quantitative estimate of drug-likeness (QED) is 0.761. The average molecular weight is 265 g/mol. The molecule has 3 rings (SSSR count). The van der Waals surface area contributed by atoms with Crippen molar-refractivity contribution in [3.8, 4) is 0 Å². The number of nitrogens with one attached hydrogen (secondary N) is 2. The van der Waals surface area contributed by atoms with Gasteiger partial charge in [0.15, 0.2) is 0 Å². The third kappa shape index (κ3) is 2.91. The zero-order chi connectivity index (χ0) is 13.2. The van der Waals surface area contributed by atoms with Crippen LogP contribution in [0.4, 0.5) is 0 Å². The molecular weight excluding hydrogens is 242 g/mol. The first-order valence-corrected chi connectivity index (χ1v) is 7.50. The van der Waals surface area contributed by atoms with Gasteiger partial charge in [-0.05, 0) is 50.6 Å². The molecule has 2 heterocycles. The molecule has 1 unspecified atom stereocenters. The molecule has 106 valence electrons. The molecule has 3 aliphatic rings. The maximum Gasteiger partial charge on any atom is 0.239 e. The lowest BCUT2D eigenvalue weighted by Gasteiger charge is -2.32. The highest BCUT2D eigenvalue weighted by Gasteiger charge is 2.34. The van der Waals surface area contributed by atoms with E-state index in [1.807, 2.05) is 0 Å². The lowest BCUT2D eigenvalue weighted by molar-refractivity contribution is -0.133. The summed E-state index contributed by atoms with van der Waals surface area (Å²) >= 11 is 0. The van der Waals surface area contributed by atoms with Crippen LogP contribution < -0.4 is 10.6 Å². The lowest BCUT2D eigenvalue weighted by atomic mass is 9.79. The second kappa shape index (κ2) is 5.49. The van der Waals surface area contributed by atoms with Crippen molar-refractivity contribution in [1.29, 1.82) is 0 Å². The van der Waals surface area contributed by atoms with E-state index in [9.17, 15) is 9.59 Å². The Bertz CT molecular complexity index is 372. The number of hydrogen-bond donors (Lipinski definition) is 2. The summed E-state index contributed by atoms with van der Waals surface area (Å²) in [5, 5.41) is 6.56. The Kier molecular flexibility index (Phi) is 3.73. The molecule has 5 nitrogen and oxygen atoms in total. The van der Waals surface area contributed by atoms with Crippen LogP contribution in [-0.4, -0.2) is 48.9 Å². The van der Waals surface area contributed by atoms with Crippen molar-refractivity contribution in [2.45, 2.75) is 38.1 Å². The van der Waals surface area contributed by atoms with Crippen molar-refractivity contribution >= 4 is 11.8 Å². The molecule has 0 bridgehead atoms. The summed E-state index contributed by atoms with van der Waals surface area (Å²) in [6.45, 7) is 3.24. The minimum absolute atomic E-state index is 0.0182. The summed E-state index contributed by atoms with van der Waals surface area (Å²) in [7, 11) is 0. The SMILES string of the molecule is O=C(CN1CCCC1=O)NC1CC[C@H]2CNC[C@H]2C1. The van der Waals surface area contributed by atoms with Crippen LogP contribution in [0.5, 0.6) is 0 Å². The van der Waals surface area contributed by atoms with Crippen molar-refractivity contribution in [1.82, 2.24) is 15.5 Å². The number of amides is 2. The van der Waals surface area contributed by atoms with E-state index in [-0.39, 0.29) is 18.4 Å². The number of carbonyl (C=O) groups excluding carboxylic acids is 2. The van der Waals surface area contributed by atoms with Crippen LogP contribution in [0.3, 0.4) is 0 Å². The van der Waals surface area contributed by atoms with E-state index in [1.54, 1.807) is 4.90 Å². The first-order chi connectivity index (χ1) is 9.22. The molecule has 0 aromatic carbocycles. The summed E-state index contributed by atoms with van der Waals surface area (Å²) in [6.07, 6.45) is 4.89. The Morgan fingerprint density at radius 2 is 2.16 bits per heavy atom. The largest absolute Gasteiger partial charge is 0.352 e. The number of likely N-dealkylation sites (tertiary alicyclic amines) is 1. The highest BCUT2D eigenvalue weighted by atomic mass is 16.2. The van der Waals surface area contributed by atoms with Gasteiger partial charge >= 0.3 is 0 Å². The van der Waals surface area contributed by atoms with Crippen molar-refractivity contribution in [2.24, 2.45) is 11.8 Å². The smallest absolute Gasteiger partial charge is 0.239 e. The first kappa shape index (κ1) is 12.9. The third-order valence-corrected chi connectivity index (χ3v) is 4.82. The Balaban J connectivity index is 1.45. The molecule has 2 aliphatic heterocycles. The van der Waals surface area contributed by atoms with Crippen LogP contribution in [0.25, 0.3) is 0 Å². The summed E-state index contributed by atoms with van der Waals surface area (Å²) in [5.74, 6) is 1.68. The predicted molar refractivity (Wildman–Crippen MR) is 71.4 cm³/mol. The topological polar surface area (TPSA) is 61.4 Å². The molecule has 2 amide bonds. The van der Waals surface area contributed by atoms with E-state index in [1.165, 1.54) is 6.42 Å². The number of fused-ring (bicyclic) bond motifs is 1. The summed E-state index contributed by atoms with van der Waals surface area (Å²) in [6, 6.07) is 0.311. The number of carbonyl (C=O) groups is 2. The van der Waals surface area contributed by atoms with Crippen molar-refractivity contribution in [3.63, 3.8) is 0 Å². The van der Waals surface area contributed by atoms with E-state index in [4.69, 9.17) is 0 Å². The standard InChI is InChI=1S/C14H23N3O2/c18-13(9-17-5-1-2-14(17)19)16-12-4-3-10-7-15-8-11(10)6-12/h10-12,15H,1-9H2,(H,16,18)/t10-,11+,12?/m0/s1. The zero-order valence-electron chi connectivity index (χ0n) is 11.4. The van der Waals surface area contributed by atoms with Crippen LogP contribution in [0.1, 0.15) is 32.1 Å². The molecule has 19 heavy (non-hydrogen) atoms. The Morgan fingerprint density at radius 1 is 1.32 bits per heavy atom. The molecule has 2 N–H and O–H groups in total. The summed E-state index contributed by atoms with van der Waals surface area (Å²) in [4.78, 5) is 25.2. The second-order valence-electron chi connectivity index (χ2n) is 6.17. The van der Waals surface area contributed by atoms with Gasteiger partial charge in [0.1, 0.15) is 0 Å². The molecule has 0 radical (unpaired) electrons. The second-order valence-corrected chi connectivity index (χ2v) is 6.17. The predicted octanol–water partition coefficient (Wildman–Crippen LogP) is 0.113. The summed E-state index contributed by atoms with van der Waals surface area (Å²) < 4.78 is 0. The molecular formula is C14H23N3O2. The van der Waals surface area contributed by atoms with Crippen LogP contribution in [0.15, 0.2) is 0 Å². The fourth-order valence-corrected chi connectivity index (χ4v) is 3.75. The molecule has 1 aliphatic carbocycles. The Labute approximate surface area is 114 Å². The minimum atomic E-state index is 0.0182. The lowest BCUT2D eigenvalue weighted by Crippen LogP contribution is -2.45. The fourth-order valence-electron chi connectivity index (χ4n) is 3.75. The monoisotopic (exact) mass is 265 g/mol. The van der Waals surface area contributed by atoms with Crippen LogP contribution in [0, 0.1) is 11.8 Å². The maximum absolute atomic E-state index is 12.0. The van der Waals surface area contributed by atoms with E-state index >= 15 is 0 Å². The molecule has 0 aromatic heterocycles. The van der Waals surface area contributed by atoms with Crippen LogP contribution in [-0.2, 0) is 9.59 Å². The van der Waals surface area contributed by atoms with E-state index in [2.05, 4.69) is 10.6 Å². The van der Waals surface area contributed by atoms with E-state index in [0.717, 1.165) is 50.7 Å². The maximum atomic E-state index is 12.0. The van der Waals surface area contributed by atoms with Gasteiger partial charge in [-0.3, -0.25) is 9.59 Å². The van der Waals surface area contributed by atoms with Gasteiger partial charge in [-0.25, -0.2) is 0 Å². The summed E-state index contributed by atoms with van der Waals surface area (Å²) in [5.41, 5.74) is 0. The highest BCUT2D eigenvalue weighted by molar-refractivity contribution is 5.85. The number of hydrogen-bond acceptors (Lipinski definition) is 3. The molecule has 5 heteroatoms. The number of rotatable bonds is 3. The van der Waals surface area contributed by atoms with Crippen molar-refractivity contribution in [2.75, 3.05) is 26.2 Å². The normalized spacial score (nSPS) is 34.4. The van der Waals surface area contributed by atoms with Crippen LogP contribution in [0.2, 0.25) is 0 Å². The van der Waals surface area contributed by atoms with Gasteiger partial charge in [0.05, 0.1) is 6.54 Å². The average Bonchev–Trinajstić information content (AvgIpc) is 2.98. The molecule has 3 fully saturated rings. The van der Waals surface area contributed by atoms with Crippen molar-refractivity contribution in [3.05, 3.63) is 0 Å². The van der Waals surface area contributed by atoms with Gasteiger partial charge in [0, 0.05) is 19.0 Å². The Morgan fingerprint density at radius 3 is 2.95 bits per heavy atom. The number of nitrogens with zero attached hydrogens (tertiary/aromatic N) is 1. The van der Waals surface area contributed by atoms with Gasteiger partial charge in [-0.1, -0.05) is 0 Å². The van der Waals surface area contributed by atoms with Crippen LogP contribution >= 0.6 is 0 Å². The molecule has 1 saturated carbocycles. The molecule has 0 aromatic rings. The Hall–Kier alpha value is -1.10. The van der Waals surface area contributed by atoms with E-state index < -0.39 is 0 Å². The first-order valence-electron chi connectivity index (χ1n) is 7.50. The van der Waals surface area contributed by atoms with Gasteiger partial charge in [0.2, 0.25) is 11.8 Å². The molecule has 0 spiro atoms. The highest BCUT2D eigenvalue weighted by Crippen LogP contribution is 2.32. The van der Waals surface area contributed by atoms with Gasteiger partial charge in [-0.15, -0.1) is 0 Å². The zero-order valence-corrected chi connectivity index (χ0v) is 11.4. The minimum Gasteiger partial charge on any atom is -0.352 e. The van der Waals surface area contributed by atoms with Crippen molar-refractivity contribution < 1.29 is 9.59 Å².